The van der Waals surface area contributed by atoms with Crippen molar-refractivity contribution in [1.29, 1.82) is 0 Å². The molecule has 3 heteroatoms. The van der Waals surface area contributed by atoms with Gasteiger partial charge >= 0.3 is 0 Å². The van der Waals surface area contributed by atoms with E-state index in [1.165, 1.54) is 0 Å². The zero-order valence-corrected chi connectivity index (χ0v) is 9.81. The number of aliphatic hydroxyl groups excluding tert-OH is 1. The number of rotatable bonds is 5. The van der Waals surface area contributed by atoms with Crippen LogP contribution in [0, 0.1) is 0 Å². The molecule has 1 nitrogen and oxygen atoms in total. The van der Waals surface area contributed by atoms with E-state index >= 15 is 0 Å². The van der Waals surface area contributed by atoms with E-state index in [4.69, 9.17) is 11.6 Å². The van der Waals surface area contributed by atoms with Crippen molar-refractivity contribution in [2.75, 3.05) is 18.6 Å². The molecule has 1 aromatic rings. The van der Waals surface area contributed by atoms with Gasteiger partial charge in [0.05, 0.1) is 0 Å². The van der Waals surface area contributed by atoms with Gasteiger partial charge in [0.1, 0.15) is 0 Å². The summed E-state index contributed by atoms with van der Waals surface area (Å²) in [6, 6.07) is 7.74. The summed E-state index contributed by atoms with van der Waals surface area (Å²) in [6.45, 7) is 0.195. The molecule has 78 valence electrons. The molecule has 0 aliphatic heterocycles. The number of thioether (sulfide) groups is 1. The van der Waals surface area contributed by atoms with Crippen molar-refractivity contribution in [1.82, 2.24) is 0 Å². The number of hydrogen-bond donors (Lipinski definition) is 1. The van der Waals surface area contributed by atoms with E-state index < -0.39 is 0 Å². The lowest BCUT2D eigenvalue weighted by Crippen LogP contribution is -2.05. The summed E-state index contributed by atoms with van der Waals surface area (Å²) in [7, 11) is 0. The summed E-state index contributed by atoms with van der Waals surface area (Å²) in [5.41, 5.74) is 1.13. The minimum absolute atomic E-state index is 0.195. The van der Waals surface area contributed by atoms with Crippen LogP contribution in [0.4, 0.5) is 0 Å². The summed E-state index contributed by atoms with van der Waals surface area (Å²) in [6.07, 6.45) is 3.07. The predicted molar refractivity (Wildman–Crippen MR) is 64.3 cm³/mol. The highest BCUT2D eigenvalue weighted by molar-refractivity contribution is 7.98. The standard InChI is InChI=1S/C11H15ClOS/c1-14-6-5-10(8-13)9-3-2-4-11(12)7-9/h2-4,7,10,13H,5-6,8H2,1H3. The quantitative estimate of drug-likeness (QED) is 0.839. The highest BCUT2D eigenvalue weighted by atomic mass is 35.5. The van der Waals surface area contributed by atoms with E-state index in [1.54, 1.807) is 11.8 Å². The Morgan fingerprint density at radius 3 is 2.86 bits per heavy atom. The highest BCUT2D eigenvalue weighted by Gasteiger charge is 2.09. The summed E-state index contributed by atoms with van der Waals surface area (Å²) >= 11 is 7.69. The fraction of sp³-hybridized carbons (Fsp3) is 0.455. The average molecular weight is 231 g/mol. The first-order chi connectivity index (χ1) is 6.77. The molecule has 0 fully saturated rings. The minimum Gasteiger partial charge on any atom is -0.396 e. The summed E-state index contributed by atoms with van der Waals surface area (Å²) in [5, 5.41) is 9.99. The van der Waals surface area contributed by atoms with Crippen LogP contribution in [-0.4, -0.2) is 23.7 Å². The number of halogens is 1. The maximum atomic E-state index is 9.24. The molecule has 1 rings (SSSR count). The van der Waals surface area contributed by atoms with Crippen LogP contribution < -0.4 is 0 Å². The minimum atomic E-state index is 0.195. The molecule has 0 spiro atoms. The average Bonchev–Trinajstić information content (AvgIpc) is 2.19. The lowest BCUT2D eigenvalue weighted by molar-refractivity contribution is 0.263. The van der Waals surface area contributed by atoms with Gasteiger partial charge in [-0.3, -0.25) is 0 Å². The SMILES string of the molecule is CSCCC(CO)c1cccc(Cl)c1. The molecular weight excluding hydrogens is 216 g/mol. The molecule has 1 aromatic carbocycles. The van der Waals surface area contributed by atoms with Gasteiger partial charge in [0.15, 0.2) is 0 Å². The third kappa shape index (κ3) is 3.52. The number of hydrogen-bond acceptors (Lipinski definition) is 2. The first-order valence-electron chi connectivity index (χ1n) is 4.63. The van der Waals surface area contributed by atoms with E-state index in [1.807, 2.05) is 24.3 Å². The Kier molecular flexibility index (Phi) is 5.38. The molecule has 0 radical (unpaired) electrons. The molecule has 0 bridgehead atoms. The van der Waals surface area contributed by atoms with Gasteiger partial charge in [-0.15, -0.1) is 0 Å². The molecule has 14 heavy (non-hydrogen) atoms. The normalized spacial score (nSPS) is 12.8. The molecular formula is C11H15ClOS. The Labute approximate surface area is 94.5 Å². The highest BCUT2D eigenvalue weighted by Crippen LogP contribution is 2.23. The van der Waals surface area contributed by atoms with Crippen LogP contribution in [-0.2, 0) is 0 Å². The van der Waals surface area contributed by atoms with Crippen LogP contribution in [0.3, 0.4) is 0 Å². The van der Waals surface area contributed by atoms with Crippen LogP contribution in [0.5, 0.6) is 0 Å². The Balaban J connectivity index is 2.68. The maximum Gasteiger partial charge on any atom is 0.0500 e. The molecule has 1 atom stereocenters. The zero-order chi connectivity index (χ0) is 10.4. The van der Waals surface area contributed by atoms with Crippen LogP contribution in [0.1, 0.15) is 17.9 Å². The smallest absolute Gasteiger partial charge is 0.0500 e. The first-order valence-corrected chi connectivity index (χ1v) is 6.40. The molecule has 1 unspecified atom stereocenters. The Bertz CT molecular complexity index is 278. The van der Waals surface area contributed by atoms with E-state index in [-0.39, 0.29) is 12.5 Å². The second-order valence-corrected chi connectivity index (χ2v) is 4.64. The van der Waals surface area contributed by atoms with Gasteiger partial charge in [-0.25, -0.2) is 0 Å². The lowest BCUT2D eigenvalue weighted by atomic mass is 9.98. The molecule has 0 aliphatic rings. The van der Waals surface area contributed by atoms with Crippen molar-refractivity contribution < 1.29 is 5.11 Å². The molecule has 1 N–H and O–H groups in total. The number of benzene rings is 1. The van der Waals surface area contributed by atoms with Gasteiger partial charge in [0.2, 0.25) is 0 Å². The second-order valence-electron chi connectivity index (χ2n) is 3.22. The Hall–Kier alpha value is -0.180. The van der Waals surface area contributed by atoms with E-state index in [0.717, 1.165) is 22.8 Å². The zero-order valence-electron chi connectivity index (χ0n) is 8.24. The largest absolute Gasteiger partial charge is 0.396 e. The molecule has 0 saturated heterocycles. The van der Waals surface area contributed by atoms with Crippen LogP contribution in [0.2, 0.25) is 5.02 Å². The Morgan fingerprint density at radius 1 is 1.50 bits per heavy atom. The molecule has 0 aromatic heterocycles. The van der Waals surface area contributed by atoms with E-state index in [2.05, 4.69) is 6.26 Å². The van der Waals surface area contributed by atoms with E-state index in [0.29, 0.717) is 0 Å². The molecule has 0 aliphatic carbocycles. The van der Waals surface area contributed by atoms with Gasteiger partial charge in [-0.05, 0) is 36.1 Å². The maximum absolute atomic E-state index is 9.24. The summed E-state index contributed by atoms with van der Waals surface area (Å²) in [5.74, 6) is 1.29. The van der Waals surface area contributed by atoms with Crippen molar-refractivity contribution in [3.63, 3.8) is 0 Å². The van der Waals surface area contributed by atoms with Crippen molar-refractivity contribution in [3.8, 4) is 0 Å². The third-order valence-corrected chi connectivity index (χ3v) is 3.09. The summed E-state index contributed by atoms with van der Waals surface area (Å²) < 4.78 is 0. The van der Waals surface area contributed by atoms with Crippen molar-refractivity contribution in [2.24, 2.45) is 0 Å². The van der Waals surface area contributed by atoms with Gasteiger partial charge in [-0.2, -0.15) is 11.8 Å². The van der Waals surface area contributed by atoms with Gasteiger partial charge in [-0.1, -0.05) is 23.7 Å². The predicted octanol–water partition coefficient (Wildman–Crippen LogP) is 3.17. The van der Waals surface area contributed by atoms with Crippen LogP contribution in [0.25, 0.3) is 0 Å². The third-order valence-electron chi connectivity index (χ3n) is 2.21. The van der Waals surface area contributed by atoms with Crippen molar-refractivity contribution >= 4 is 23.4 Å². The van der Waals surface area contributed by atoms with Gasteiger partial charge in [0, 0.05) is 17.5 Å². The fourth-order valence-corrected chi connectivity index (χ4v) is 2.10. The van der Waals surface area contributed by atoms with Crippen LogP contribution in [0.15, 0.2) is 24.3 Å². The molecule has 0 saturated carbocycles. The lowest BCUT2D eigenvalue weighted by Gasteiger charge is -2.13. The summed E-state index contributed by atoms with van der Waals surface area (Å²) in [4.78, 5) is 0. The molecule has 0 heterocycles. The van der Waals surface area contributed by atoms with E-state index in [9.17, 15) is 5.11 Å². The van der Waals surface area contributed by atoms with Crippen molar-refractivity contribution in [2.45, 2.75) is 12.3 Å². The Morgan fingerprint density at radius 2 is 2.29 bits per heavy atom. The van der Waals surface area contributed by atoms with Crippen molar-refractivity contribution in [3.05, 3.63) is 34.9 Å². The second kappa shape index (κ2) is 6.33. The number of aliphatic hydroxyl groups is 1. The topological polar surface area (TPSA) is 20.2 Å². The van der Waals surface area contributed by atoms with Crippen LogP contribution >= 0.6 is 23.4 Å². The van der Waals surface area contributed by atoms with Gasteiger partial charge < -0.3 is 5.11 Å². The molecule has 0 amide bonds. The fourth-order valence-electron chi connectivity index (χ4n) is 1.38. The van der Waals surface area contributed by atoms with Gasteiger partial charge in [0.25, 0.3) is 0 Å². The first kappa shape index (κ1) is 11.9. The monoisotopic (exact) mass is 230 g/mol.